The molecule has 3 unspecified atom stereocenters. The van der Waals surface area contributed by atoms with Crippen molar-refractivity contribution in [3.05, 3.63) is 0 Å². The minimum atomic E-state index is 0. The lowest BCUT2D eigenvalue weighted by Gasteiger charge is -2.21. The van der Waals surface area contributed by atoms with Crippen LogP contribution >= 0.6 is 24.0 Å². The van der Waals surface area contributed by atoms with Crippen molar-refractivity contribution >= 4 is 29.9 Å². The molecule has 2 fully saturated rings. The van der Waals surface area contributed by atoms with Crippen molar-refractivity contribution in [2.24, 2.45) is 22.6 Å². The van der Waals surface area contributed by atoms with E-state index in [1.165, 1.54) is 38.5 Å². The van der Waals surface area contributed by atoms with Gasteiger partial charge < -0.3 is 11.1 Å². The number of guanidine groups is 1. The van der Waals surface area contributed by atoms with Gasteiger partial charge in [-0.05, 0) is 31.6 Å². The number of halogens is 1. The summed E-state index contributed by atoms with van der Waals surface area (Å²) in [5.74, 6) is 2.43. The first-order chi connectivity index (χ1) is 8.20. The Kier molecular flexibility index (Phi) is 6.74. The van der Waals surface area contributed by atoms with Crippen molar-refractivity contribution in [3.63, 3.8) is 0 Å². The number of nitrogens with one attached hydrogen (secondary N) is 1. The van der Waals surface area contributed by atoms with Crippen LogP contribution in [-0.2, 0) is 0 Å². The maximum absolute atomic E-state index is 5.92. The summed E-state index contributed by atoms with van der Waals surface area (Å²) in [5, 5.41) is 3.25. The summed E-state index contributed by atoms with van der Waals surface area (Å²) in [4.78, 5) is 4.62. The Morgan fingerprint density at radius 1 is 1.33 bits per heavy atom. The van der Waals surface area contributed by atoms with Gasteiger partial charge in [0.1, 0.15) is 0 Å². The van der Waals surface area contributed by atoms with E-state index in [0.717, 1.165) is 18.3 Å². The molecule has 3 nitrogen and oxygen atoms in total. The van der Waals surface area contributed by atoms with Crippen LogP contribution in [0.15, 0.2) is 4.99 Å². The van der Waals surface area contributed by atoms with E-state index in [2.05, 4.69) is 24.2 Å². The Balaban J connectivity index is 0.00000162. The normalized spacial score (nSPS) is 30.4. The number of rotatable bonds is 4. The van der Waals surface area contributed by atoms with Gasteiger partial charge in [0.25, 0.3) is 0 Å². The summed E-state index contributed by atoms with van der Waals surface area (Å²) in [6.45, 7) is 4.31. The first kappa shape index (κ1) is 16.1. The topological polar surface area (TPSA) is 50.4 Å². The number of hydrogen-bond donors (Lipinski definition) is 2. The highest BCUT2D eigenvalue weighted by Gasteiger charge is 2.43. The molecular formula is C14H28IN3. The van der Waals surface area contributed by atoms with Gasteiger partial charge in [0.15, 0.2) is 5.96 Å². The fourth-order valence-electron chi connectivity index (χ4n) is 2.99. The fraction of sp³-hybridized carbons (Fsp3) is 0.929. The molecule has 4 heteroatoms. The van der Waals surface area contributed by atoms with Gasteiger partial charge in [-0.2, -0.15) is 0 Å². The van der Waals surface area contributed by atoms with Gasteiger partial charge in [-0.3, -0.25) is 0 Å². The van der Waals surface area contributed by atoms with E-state index in [1.807, 2.05) is 0 Å². The Bertz CT molecular complexity index is 274. The average molecular weight is 365 g/mol. The van der Waals surface area contributed by atoms with Gasteiger partial charge in [-0.25, -0.2) is 4.99 Å². The van der Waals surface area contributed by atoms with Gasteiger partial charge in [0, 0.05) is 6.04 Å². The van der Waals surface area contributed by atoms with Crippen molar-refractivity contribution < 1.29 is 0 Å². The molecule has 18 heavy (non-hydrogen) atoms. The summed E-state index contributed by atoms with van der Waals surface area (Å²) in [5.41, 5.74) is 5.92. The van der Waals surface area contributed by atoms with Crippen LogP contribution in [0.1, 0.15) is 58.8 Å². The molecule has 3 N–H and O–H groups in total. The predicted molar refractivity (Wildman–Crippen MR) is 88.4 cm³/mol. The molecule has 2 aliphatic carbocycles. The Morgan fingerprint density at radius 3 is 2.61 bits per heavy atom. The molecule has 0 heterocycles. The summed E-state index contributed by atoms with van der Waals surface area (Å²) in [7, 11) is 0. The summed E-state index contributed by atoms with van der Waals surface area (Å²) < 4.78 is 0. The van der Waals surface area contributed by atoms with Crippen LogP contribution in [0.5, 0.6) is 0 Å². The number of aliphatic imine (C=N–C) groups is 1. The van der Waals surface area contributed by atoms with Crippen molar-refractivity contribution in [1.82, 2.24) is 5.32 Å². The van der Waals surface area contributed by atoms with Gasteiger partial charge in [-0.15, -0.1) is 24.0 Å². The summed E-state index contributed by atoms with van der Waals surface area (Å²) in [6.07, 6.45) is 9.51. The standard InChI is InChI=1S/C14H27N3.HI/c1-3-10(2)16-14(15)17-13-9-12(13)11-7-5-4-6-8-11;/h10-13H,3-9H2,1-2H3,(H3,15,16,17);1H. The van der Waals surface area contributed by atoms with Gasteiger partial charge in [0.05, 0.1) is 6.04 Å². The smallest absolute Gasteiger partial charge is 0.189 e. The molecule has 0 aromatic rings. The molecule has 3 atom stereocenters. The minimum absolute atomic E-state index is 0. The molecule has 0 aromatic carbocycles. The number of hydrogen-bond acceptors (Lipinski definition) is 1. The number of nitrogens with zero attached hydrogens (tertiary/aromatic N) is 1. The van der Waals surface area contributed by atoms with Crippen LogP contribution in [0.4, 0.5) is 0 Å². The maximum Gasteiger partial charge on any atom is 0.189 e. The number of nitrogens with two attached hydrogens (primary N) is 1. The van der Waals surface area contributed by atoms with Gasteiger partial charge in [-0.1, -0.05) is 39.0 Å². The van der Waals surface area contributed by atoms with Crippen LogP contribution in [0, 0.1) is 11.8 Å². The lowest BCUT2D eigenvalue weighted by molar-refractivity contribution is 0.318. The zero-order chi connectivity index (χ0) is 12.3. The predicted octanol–water partition coefficient (Wildman–Crippen LogP) is 3.28. The first-order valence-electron chi connectivity index (χ1n) is 7.30. The van der Waals surface area contributed by atoms with Crippen molar-refractivity contribution in [2.75, 3.05) is 0 Å². The molecule has 2 saturated carbocycles. The van der Waals surface area contributed by atoms with Gasteiger partial charge in [0.2, 0.25) is 0 Å². The van der Waals surface area contributed by atoms with E-state index < -0.39 is 0 Å². The molecule has 0 spiro atoms. The van der Waals surface area contributed by atoms with E-state index in [-0.39, 0.29) is 24.0 Å². The van der Waals surface area contributed by atoms with Crippen LogP contribution < -0.4 is 11.1 Å². The SMILES string of the molecule is CCC(C)NC(N)=NC1CC1C1CCCCC1.I. The average Bonchev–Trinajstić information content (AvgIpc) is 3.09. The molecule has 2 aliphatic rings. The summed E-state index contributed by atoms with van der Waals surface area (Å²) >= 11 is 0. The van der Waals surface area contributed by atoms with Crippen LogP contribution in [0.2, 0.25) is 0 Å². The van der Waals surface area contributed by atoms with E-state index in [0.29, 0.717) is 18.0 Å². The van der Waals surface area contributed by atoms with Gasteiger partial charge >= 0.3 is 0 Å². The largest absolute Gasteiger partial charge is 0.370 e. The van der Waals surface area contributed by atoms with Crippen LogP contribution in [0.3, 0.4) is 0 Å². The molecule has 0 aromatic heterocycles. The third-order valence-corrected chi connectivity index (χ3v) is 4.37. The molecule has 0 bridgehead atoms. The minimum Gasteiger partial charge on any atom is -0.370 e. The first-order valence-corrected chi connectivity index (χ1v) is 7.30. The quantitative estimate of drug-likeness (QED) is 0.456. The maximum atomic E-state index is 5.92. The van der Waals surface area contributed by atoms with Crippen molar-refractivity contribution in [1.29, 1.82) is 0 Å². The second-order valence-electron chi connectivity index (χ2n) is 5.83. The Hall–Kier alpha value is 0. The highest BCUT2D eigenvalue weighted by Crippen LogP contribution is 2.46. The molecule has 0 aliphatic heterocycles. The second kappa shape index (κ2) is 7.56. The zero-order valence-electron chi connectivity index (χ0n) is 11.7. The highest BCUT2D eigenvalue weighted by atomic mass is 127. The van der Waals surface area contributed by atoms with Crippen LogP contribution in [-0.4, -0.2) is 18.0 Å². The second-order valence-corrected chi connectivity index (χ2v) is 5.83. The van der Waals surface area contributed by atoms with E-state index in [9.17, 15) is 0 Å². The lowest BCUT2D eigenvalue weighted by atomic mass is 9.85. The molecule has 0 saturated heterocycles. The molecule has 0 radical (unpaired) electrons. The third kappa shape index (κ3) is 4.59. The van der Waals surface area contributed by atoms with Crippen LogP contribution in [0.25, 0.3) is 0 Å². The monoisotopic (exact) mass is 365 g/mol. The Morgan fingerprint density at radius 2 is 2.00 bits per heavy atom. The van der Waals surface area contributed by atoms with E-state index in [1.54, 1.807) is 0 Å². The molecule has 2 rings (SSSR count). The summed E-state index contributed by atoms with van der Waals surface area (Å²) in [6, 6.07) is 0.959. The van der Waals surface area contributed by atoms with Crippen molar-refractivity contribution in [3.8, 4) is 0 Å². The fourth-order valence-corrected chi connectivity index (χ4v) is 2.99. The van der Waals surface area contributed by atoms with Crippen molar-refractivity contribution in [2.45, 2.75) is 70.9 Å². The Labute approximate surface area is 128 Å². The van der Waals surface area contributed by atoms with E-state index in [4.69, 9.17) is 5.73 Å². The molecule has 106 valence electrons. The third-order valence-electron chi connectivity index (χ3n) is 4.37. The zero-order valence-corrected chi connectivity index (χ0v) is 14.0. The molecular weight excluding hydrogens is 337 g/mol. The van der Waals surface area contributed by atoms with E-state index >= 15 is 0 Å². The lowest BCUT2D eigenvalue weighted by Crippen LogP contribution is -2.38. The highest BCUT2D eigenvalue weighted by molar-refractivity contribution is 14.0. The molecule has 0 amide bonds.